The van der Waals surface area contributed by atoms with Crippen molar-refractivity contribution >= 4 is 63.6 Å². The minimum absolute atomic E-state index is 0.0245. The number of halogens is 5. The van der Waals surface area contributed by atoms with Crippen molar-refractivity contribution in [1.29, 1.82) is 0 Å². The van der Waals surface area contributed by atoms with Gasteiger partial charge in [0.25, 0.3) is 0 Å². The fourth-order valence-corrected chi connectivity index (χ4v) is 3.55. The highest BCUT2D eigenvalue weighted by Gasteiger charge is 2.25. The second-order valence-electron chi connectivity index (χ2n) is 6.67. The average Bonchev–Trinajstić information content (AvgIpc) is 2.78. The second kappa shape index (κ2) is 11.3. The molecule has 1 aromatic heterocycles. The number of ketones is 1. The first kappa shape index (κ1) is 25.4. The van der Waals surface area contributed by atoms with Crippen LogP contribution in [0.2, 0.25) is 15.1 Å². The number of nitrogens with one attached hydrogen (secondary N) is 2. The van der Waals surface area contributed by atoms with Crippen LogP contribution in [0.4, 0.5) is 25.8 Å². The van der Waals surface area contributed by atoms with E-state index in [1.54, 1.807) is 25.3 Å². The number of aromatic nitrogens is 1. The summed E-state index contributed by atoms with van der Waals surface area (Å²) in [6, 6.07) is 7.35. The van der Waals surface area contributed by atoms with E-state index < -0.39 is 23.4 Å². The number of ether oxygens (including phenoxy) is 1. The Morgan fingerprint density at radius 1 is 1.09 bits per heavy atom. The van der Waals surface area contributed by atoms with E-state index in [0.717, 1.165) is 6.07 Å². The van der Waals surface area contributed by atoms with Crippen molar-refractivity contribution in [3.05, 3.63) is 92.8 Å². The SMILES string of the molecule is CCOC(=O)/C(=C/Nc1cccnc1)C(=O)c1cc(Nc2c(F)cc(F)cc2Cl)c(Cl)cc1Cl. The van der Waals surface area contributed by atoms with Crippen LogP contribution in [0.15, 0.2) is 60.6 Å². The maximum atomic E-state index is 14.2. The van der Waals surface area contributed by atoms with Crippen molar-refractivity contribution < 1.29 is 23.1 Å². The molecular formula is C23H16Cl3F2N3O3. The fourth-order valence-electron chi connectivity index (χ4n) is 2.79. The highest BCUT2D eigenvalue weighted by Crippen LogP contribution is 2.36. The number of carbonyl (C=O) groups excluding carboxylic acids is 2. The van der Waals surface area contributed by atoms with Gasteiger partial charge in [-0.2, -0.15) is 0 Å². The van der Waals surface area contributed by atoms with E-state index in [4.69, 9.17) is 39.5 Å². The third-order valence-electron chi connectivity index (χ3n) is 4.35. The molecule has 0 aliphatic heterocycles. The first-order valence-electron chi connectivity index (χ1n) is 9.70. The van der Waals surface area contributed by atoms with E-state index in [1.165, 1.54) is 24.5 Å². The molecule has 0 bridgehead atoms. The number of Topliss-reactive ketones (excluding diaryl/α,β-unsaturated/α-hetero) is 1. The summed E-state index contributed by atoms with van der Waals surface area (Å²) in [6.07, 6.45) is 4.22. The fraction of sp³-hybridized carbons (Fsp3) is 0.0870. The minimum atomic E-state index is -0.975. The molecule has 0 saturated heterocycles. The van der Waals surface area contributed by atoms with Gasteiger partial charge in [-0.15, -0.1) is 0 Å². The van der Waals surface area contributed by atoms with Crippen LogP contribution in [-0.4, -0.2) is 23.3 Å². The van der Waals surface area contributed by atoms with Gasteiger partial charge in [0.15, 0.2) is 5.82 Å². The van der Waals surface area contributed by atoms with Crippen molar-refractivity contribution in [3.63, 3.8) is 0 Å². The molecule has 0 radical (unpaired) electrons. The Hall–Kier alpha value is -3.20. The normalized spacial score (nSPS) is 11.2. The quantitative estimate of drug-likeness (QED) is 0.110. The number of rotatable bonds is 8. The van der Waals surface area contributed by atoms with Crippen molar-refractivity contribution in [2.24, 2.45) is 0 Å². The number of nitrogens with zero attached hydrogens (tertiary/aromatic N) is 1. The molecule has 6 nitrogen and oxygen atoms in total. The molecule has 0 aliphatic rings. The number of hydrogen-bond acceptors (Lipinski definition) is 6. The molecule has 0 unspecified atom stereocenters. The third kappa shape index (κ3) is 6.02. The van der Waals surface area contributed by atoms with Gasteiger partial charge in [-0.1, -0.05) is 34.8 Å². The van der Waals surface area contributed by atoms with Crippen LogP contribution >= 0.6 is 34.8 Å². The van der Waals surface area contributed by atoms with Crippen LogP contribution in [0, 0.1) is 11.6 Å². The van der Waals surface area contributed by atoms with Gasteiger partial charge in [-0.3, -0.25) is 9.78 Å². The zero-order valence-corrected chi connectivity index (χ0v) is 19.7. The zero-order valence-electron chi connectivity index (χ0n) is 17.5. The van der Waals surface area contributed by atoms with Gasteiger partial charge in [0.2, 0.25) is 5.78 Å². The Morgan fingerprint density at radius 3 is 2.50 bits per heavy atom. The minimum Gasteiger partial charge on any atom is -0.462 e. The molecule has 0 atom stereocenters. The number of carbonyl (C=O) groups is 2. The zero-order chi connectivity index (χ0) is 24.8. The summed E-state index contributed by atoms with van der Waals surface area (Å²) in [4.78, 5) is 29.7. The molecule has 2 aromatic carbocycles. The van der Waals surface area contributed by atoms with Crippen LogP contribution in [0.25, 0.3) is 0 Å². The Labute approximate surface area is 208 Å². The second-order valence-corrected chi connectivity index (χ2v) is 7.90. The Morgan fingerprint density at radius 2 is 1.85 bits per heavy atom. The topological polar surface area (TPSA) is 80.3 Å². The van der Waals surface area contributed by atoms with Crippen LogP contribution < -0.4 is 10.6 Å². The molecule has 2 N–H and O–H groups in total. The molecule has 0 spiro atoms. The van der Waals surface area contributed by atoms with E-state index in [1.807, 2.05) is 0 Å². The molecular weight excluding hydrogens is 511 g/mol. The molecule has 176 valence electrons. The first-order chi connectivity index (χ1) is 16.2. The van der Waals surface area contributed by atoms with Gasteiger partial charge < -0.3 is 15.4 Å². The number of benzene rings is 2. The lowest BCUT2D eigenvalue weighted by atomic mass is 10.0. The summed E-state index contributed by atoms with van der Waals surface area (Å²) in [5, 5.41) is 5.15. The van der Waals surface area contributed by atoms with Gasteiger partial charge >= 0.3 is 5.97 Å². The van der Waals surface area contributed by atoms with E-state index >= 15 is 0 Å². The van der Waals surface area contributed by atoms with Crippen LogP contribution in [-0.2, 0) is 9.53 Å². The van der Waals surface area contributed by atoms with Gasteiger partial charge in [-0.05, 0) is 37.3 Å². The standard InChI is InChI=1S/C23H16Cl3F2N3O3/c1-2-34-23(33)15(11-30-13-4-3-5-29-10-13)22(32)14-8-20(17(25)9-16(14)24)31-21-18(26)6-12(27)7-19(21)28/h3-11,30-31H,2H2,1H3/b15-11+. The van der Waals surface area contributed by atoms with E-state index in [0.29, 0.717) is 11.8 Å². The highest BCUT2D eigenvalue weighted by molar-refractivity contribution is 6.40. The summed E-state index contributed by atoms with van der Waals surface area (Å²) in [6.45, 7) is 1.62. The van der Waals surface area contributed by atoms with Gasteiger partial charge in [0.1, 0.15) is 11.4 Å². The molecule has 0 aliphatic carbocycles. The smallest absolute Gasteiger partial charge is 0.343 e. The molecule has 1 heterocycles. The van der Waals surface area contributed by atoms with Crippen molar-refractivity contribution in [2.45, 2.75) is 6.92 Å². The average molecular weight is 527 g/mol. The van der Waals surface area contributed by atoms with Crippen molar-refractivity contribution in [1.82, 2.24) is 4.98 Å². The predicted molar refractivity (Wildman–Crippen MR) is 128 cm³/mol. The van der Waals surface area contributed by atoms with Crippen molar-refractivity contribution in [2.75, 3.05) is 17.2 Å². The molecule has 3 aromatic rings. The summed E-state index contributed by atoms with van der Waals surface area (Å²) < 4.78 is 32.6. The molecule has 34 heavy (non-hydrogen) atoms. The molecule has 11 heteroatoms. The molecule has 0 fully saturated rings. The lowest BCUT2D eigenvalue weighted by molar-refractivity contribution is -0.138. The van der Waals surface area contributed by atoms with E-state index in [-0.39, 0.29) is 44.2 Å². The lowest BCUT2D eigenvalue weighted by Gasteiger charge is -2.14. The largest absolute Gasteiger partial charge is 0.462 e. The molecule has 0 amide bonds. The number of pyridine rings is 1. The first-order valence-corrected chi connectivity index (χ1v) is 10.8. The summed E-state index contributed by atoms with van der Waals surface area (Å²) in [5.74, 6) is -3.52. The van der Waals surface area contributed by atoms with Crippen LogP contribution in [0.3, 0.4) is 0 Å². The Balaban J connectivity index is 2.01. The number of anilines is 3. The lowest BCUT2D eigenvalue weighted by Crippen LogP contribution is -2.18. The monoisotopic (exact) mass is 525 g/mol. The van der Waals surface area contributed by atoms with Crippen molar-refractivity contribution in [3.8, 4) is 0 Å². The van der Waals surface area contributed by atoms with Gasteiger partial charge in [0.05, 0.1) is 44.9 Å². The summed E-state index contributed by atoms with van der Waals surface area (Å²) >= 11 is 18.4. The molecule has 0 saturated carbocycles. The van der Waals surface area contributed by atoms with Gasteiger partial charge in [-0.25, -0.2) is 13.6 Å². The van der Waals surface area contributed by atoms with Crippen LogP contribution in [0.1, 0.15) is 17.3 Å². The molecule has 3 rings (SSSR count). The predicted octanol–water partition coefficient (Wildman–Crippen LogP) is 6.81. The number of hydrogen-bond donors (Lipinski definition) is 2. The maximum absolute atomic E-state index is 14.2. The Bertz CT molecular complexity index is 1250. The summed E-state index contributed by atoms with van der Waals surface area (Å²) in [5.41, 5.74) is -0.176. The van der Waals surface area contributed by atoms with E-state index in [2.05, 4.69) is 15.6 Å². The number of esters is 1. The Kier molecular flexibility index (Phi) is 8.44. The van der Waals surface area contributed by atoms with Gasteiger partial charge in [0, 0.05) is 24.0 Å². The van der Waals surface area contributed by atoms with Crippen LogP contribution in [0.5, 0.6) is 0 Å². The highest BCUT2D eigenvalue weighted by atomic mass is 35.5. The summed E-state index contributed by atoms with van der Waals surface area (Å²) in [7, 11) is 0. The third-order valence-corrected chi connectivity index (χ3v) is 5.28. The van der Waals surface area contributed by atoms with E-state index in [9.17, 15) is 18.4 Å². The maximum Gasteiger partial charge on any atom is 0.343 e.